The smallest absolute Gasteiger partial charge is 0.237 e. The highest BCUT2D eigenvalue weighted by Crippen LogP contribution is 2.35. The van der Waals surface area contributed by atoms with Gasteiger partial charge in [-0.15, -0.1) is 0 Å². The summed E-state index contributed by atoms with van der Waals surface area (Å²) in [5.41, 5.74) is 1.56. The van der Waals surface area contributed by atoms with E-state index < -0.39 is 9.84 Å². The molecular formula is C15H16N2O3S. The van der Waals surface area contributed by atoms with Gasteiger partial charge in [0.05, 0.1) is 29.5 Å². The number of nitrogens with zero attached hydrogens (tertiary/aromatic N) is 1. The summed E-state index contributed by atoms with van der Waals surface area (Å²) >= 11 is 0. The van der Waals surface area contributed by atoms with Crippen molar-refractivity contribution in [3.8, 4) is 5.88 Å². The van der Waals surface area contributed by atoms with Crippen molar-refractivity contribution in [3.05, 3.63) is 48.2 Å². The molecule has 1 unspecified atom stereocenters. The lowest BCUT2D eigenvalue weighted by Crippen LogP contribution is -2.24. The Morgan fingerprint density at radius 2 is 2.05 bits per heavy atom. The second-order valence-corrected chi connectivity index (χ2v) is 6.98. The quantitative estimate of drug-likeness (QED) is 0.943. The van der Waals surface area contributed by atoms with E-state index in [2.05, 4.69) is 10.3 Å². The second-order valence-electron chi connectivity index (χ2n) is 4.90. The summed E-state index contributed by atoms with van der Waals surface area (Å²) in [6, 6.07) is 10.8. The zero-order valence-electron chi connectivity index (χ0n) is 11.6. The Bertz CT molecular complexity index is 759. The van der Waals surface area contributed by atoms with Gasteiger partial charge in [-0.3, -0.25) is 0 Å². The van der Waals surface area contributed by atoms with Crippen molar-refractivity contribution in [2.24, 2.45) is 0 Å². The van der Waals surface area contributed by atoms with E-state index in [1.54, 1.807) is 25.4 Å². The van der Waals surface area contributed by atoms with Crippen molar-refractivity contribution in [2.45, 2.75) is 17.4 Å². The Morgan fingerprint density at radius 1 is 1.24 bits per heavy atom. The van der Waals surface area contributed by atoms with Crippen LogP contribution in [0.25, 0.3) is 0 Å². The van der Waals surface area contributed by atoms with Gasteiger partial charge < -0.3 is 10.1 Å². The van der Waals surface area contributed by atoms with Crippen LogP contribution in [0.2, 0.25) is 0 Å². The second kappa shape index (κ2) is 5.37. The number of pyridine rings is 1. The highest BCUT2D eigenvalue weighted by molar-refractivity contribution is 7.91. The van der Waals surface area contributed by atoms with Crippen LogP contribution in [0.3, 0.4) is 0 Å². The minimum Gasteiger partial charge on any atom is -0.480 e. The van der Waals surface area contributed by atoms with Crippen molar-refractivity contribution >= 4 is 15.5 Å². The monoisotopic (exact) mass is 304 g/mol. The normalized spacial score (nSPS) is 19.6. The van der Waals surface area contributed by atoms with E-state index >= 15 is 0 Å². The first kappa shape index (κ1) is 13.9. The van der Waals surface area contributed by atoms with Gasteiger partial charge in [0.25, 0.3) is 0 Å². The molecule has 6 heteroatoms. The van der Waals surface area contributed by atoms with Gasteiger partial charge in [0, 0.05) is 6.20 Å². The number of nitrogens with one attached hydrogen (secondary N) is 1. The predicted octanol–water partition coefficient (Wildman–Crippen LogP) is 2.42. The maximum absolute atomic E-state index is 12.1. The highest BCUT2D eigenvalue weighted by Gasteiger charge is 2.30. The SMILES string of the molecule is COc1ncccc1NC1CCS(=O)(=O)c2ccccc21. The van der Waals surface area contributed by atoms with Crippen LogP contribution in [-0.4, -0.2) is 26.3 Å². The van der Waals surface area contributed by atoms with Gasteiger partial charge in [-0.25, -0.2) is 13.4 Å². The Morgan fingerprint density at radius 3 is 2.86 bits per heavy atom. The number of fused-ring (bicyclic) bond motifs is 1. The van der Waals surface area contributed by atoms with Crippen molar-refractivity contribution < 1.29 is 13.2 Å². The van der Waals surface area contributed by atoms with Gasteiger partial charge in [0.1, 0.15) is 0 Å². The zero-order valence-corrected chi connectivity index (χ0v) is 12.4. The molecule has 0 amide bonds. The zero-order chi connectivity index (χ0) is 14.9. The number of sulfone groups is 1. The molecule has 3 rings (SSSR count). The summed E-state index contributed by atoms with van der Waals surface area (Å²) in [6.45, 7) is 0. The van der Waals surface area contributed by atoms with Crippen LogP contribution in [0.4, 0.5) is 5.69 Å². The molecule has 21 heavy (non-hydrogen) atoms. The minimum atomic E-state index is -3.17. The average molecular weight is 304 g/mol. The molecular weight excluding hydrogens is 288 g/mol. The van der Waals surface area contributed by atoms with Crippen LogP contribution in [0.5, 0.6) is 5.88 Å². The molecule has 0 fully saturated rings. The Kier molecular flexibility index (Phi) is 3.55. The summed E-state index contributed by atoms with van der Waals surface area (Å²) in [4.78, 5) is 4.56. The lowest BCUT2D eigenvalue weighted by molar-refractivity contribution is 0.399. The van der Waals surface area contributed by atoms with Crippen LogP contribution in [0.15, 0.2) is 47.5 Å². The maximum Gasteiger partial charge on any atom is 0.237 e. The van der Waals surface area contributed by atoms with Crippen LogP contribution >= 0.6 is 0 Å². The summed E-state index contributed by atoms with van der Waals surface area (Å²) in [7, 11) is -1.61. The number of anilines is 1. The number of ether oxygens (including phenoxy) is 1. The van der Waals surface area contributed by atoms with E-state index in [-0.39, 0.29) is 11.8 Å². The van der Waals surface area contributed by atoms with Gasteiger partial charge in [0.15, 0.2) is 9.84 Å². The third-order valence-corrected chi connectivity index (χ3v) is 5.41. The number of benzene rings is 1. The summed E-state index contributed by atoms with van der Waals surface area (Å²) < 4.78 is 29.5. The summed E-state index contributed by atoms with van der Waals surface area (Å²) in [6.07, 6.45) is 2.18. The average Bonchev–Trinajstić information content (AvgIpc) is 2.51. The van der Waals surface area contributed by atoms with Crippen LogP contribution < -0.4 is 10.1 Å². The molecule has 1 N–H and O–H groups in total. The molecule has 2 heterocycles. The molecule has 5 nitrogen and oxygen atoms in total. The molecule has 0 aliphatic carbocycles. The van der Waals surface area contributed by atoms with Gasteiger partial charge >= 0.3 is 0 Å². The van der Waals surface area contributed by atoms with Gasteiger partial charge in [-0.2, -0.15) is 0 Å². The first-order valence-corrected chi connectivity index (χ1v) is 8.34. The molecule has 0 saturated carbocycles. The number of aromatic nitrogens is 1. The molecule has 0 spiro atoms. The fourth-order valence-electron chi connectivity index (χ4n) is 2.59. The standard InChI is InChI=1S/C15H16N2O3S/c1-20-15-13(6-4-9-16-15)17-12-8-10-21(18,19)14-7-3-2-5-11(12)14/h2-7,9,12,17H,8,10H2,1H3. The Balaban J connectivity index is 1.98. The fraction of sp³-hybridized carbons (Fsp3) is 0.267. The number of rotatable bonds is 3. The fourth-order valence-corrected chi connectivity index (χ4v) is 4.21. The van der Waals surface area contributed by atoms with Crippen LogP contribution in [0, 0.1) is 0 Å². The molecule has 1 atom stereocenters. The molecule has 1 aromatic heterocycles. The maximum atomic E-state index is 12.1. The third kappa shape index (κ3) is 2.58. The van der Waals surface area contributed by atoms with Crippen LogP contribution in [0.1, 0.15) is 18.0 Å². The van der Waals surface area contributed by atoms with E-state index in [4.69, 9.17) is 4.74 Å². The number of hydrogen-bond acceptors (Lipinski definition) is 5. The van der Waals surface area contributed by atoms with E-state index in [0.29, 0.717) is 17.2 Å². The Labute approximate surface area is 123 Å². The Hall–Kier alpha value is -2.08. The molecule has 0 radical (unpaired) electrons. The van der Waals surface area contributed by atoms with E-state index in [0.717, 1.165) is 11.3 Å². The van der Waals surface area contributed by atoms with E-state index in [1.165, 1.54) is 0 Å². The lowest BCUT2D eigenvalue weighted by atomic mass is 10.0. The van der Waals surface area contributed by atoms with Gasteiger partial charge in [-0.1, -0.05) is 18.2 Å². The predicted molar refractivity (Wildman–Crippen MR) is 80.3 cm³/mol. The highest BCUT2D eigenvalue weighted by atomic mass is 32.2. The largest absolute Gasteiger partial charge is 0.480 e. The number of hydrogen-bond donors (Lipinski definition) is 1. The van der Waals surface area contributed by atoms with Crippen molar-refractivity contribution in [1.29, 1.82) is 0 Å². The lowest BCUT2D eigenvalue weighted by Gasteiger charge is -2.27. The van der Waals surface area contributed by atoms with Gasteiger partial charge in [-0.05, 0) is 30.2 Å². The van der Waals surface area contributed by atoms with E-state index in [9.17, 15) is 8.42 Å². The number of methoxy groups -OCH3 is 1. The summed E-state index contributed by atoms with van der Waals surface area (Å²) in [5, 5.41) is 3.34. The van der Waals surface area contributed by atoms with Crippen molar-refractivity contribution in [2.75, 3.05) is 18.2 Å². The van der Waals surface area contributed by atoms with E-state index in [1.807, 2.05) is 24.3 Å². The minimum absolute atomic E-state index is 0.0668. The van der Waals surface area contributed by atoms with Crippen molar-refractivity contribution in [1.82, 2.24) is 4.98 Å². The molecule has 0 saturated heterocycles. The molecule has 110 valence electrons. The molecule has 1 aliphatic rings. The van der Waals surface area contributed by atoms with Crippen LogP contribution in [-0.2, 0) is 9.84 Å². The first-order valence-electron chi connectivity index (χ1n) is 6.69. The first-order chi connectivity index (χ1) is 10.1. The topological polar surface area (TPSA) is 68.3 Å². The van der Waals surface area contributed by atoms with Crippen molar-refractivity contribution in [3.63, 3.8) is 0 Å². The third-order valence-electron chi connectivity index (χ3n) is 3.60. The molecule has 1 aliphatic heterocycles. The summed E-state index contributed by atoms with van der Waals surface area (Å²) in [5.74, 6) is 0.646. The van der Waals surface area contributed by atoms with Gasteiger partial charge in [0.2, 0.25) is 5.88 Å². The molecule has 2 aromatic rings. The molecule has 1 aromatic carbocycles. The molecule has 0 bridgehead atoms.